The second-order valence-electron chi connectivity index (χ2n) is 5.96. The first-order valence-electron chi connectivity index (χ1n) is 7.88. The van der Waals surface area contributed by atoms with Crippen molar-refractivity contribution in [2.75, 3.05) is 12.3 Å². The number of aliphatic hydroxyl groups is 2. The fraction of sp³-hybridized carbons (Fsp3) is 0.500. The Bertz CT molecular complexity index is 858. The van der Waals surface area contributed by atoms with E-state index in [2.05, 4.69) is 15.0 Å². The normalized spacial score (nSPS) is 26.2. The first-order valence-corrected chi connectivity index (χ1v) is 7.88. The summed E-state index contributed by atoms with van der Waals surface area (Å²) in [5.41, 5.74) is 11.6. The fourth-order valence-corrected chi connectivity index (χ4v) is 2.65. The number of esters is 1. The summed E-state index contributed by atoms with van der Waals surface area (Å²) < 4.78 is 11.8. The molecule has 0 unspecified atom stereocenters. The molecular weight excluding hydrogens is 364 g/mol. The van der Waals surface area contributed by atoms with Crippen LogP contribution in [0.4, 0.5) is 5.82 Å². The number of fused-ring (bicyclic) bond motifs is 1. The van der Waals surface area contributed by atoms with E-state index < -0.39 is 55.5 Å². The molecule has 27 heavy (non-hydrogen) atoms. The van der Waals surface area contributed by atoms with Crippen molar-refractivity contribution in [1.82, 2.24) is 19.5 Å². The molecule has 1 aliphatic heterocycles. The van der Waals surface area contributed by atoms with Crippen LogP contribution < -0.4 is 11.5 Å². The lowest BCUT2D eigenvalue weighted by Crippen LogP contribution is -2.36. The minimum absolute atomic E-state index is 0.145. The van der Waals surface area contributed by atoms with E-state index in [0.29, 0.717) is 11.2 Å². The van der Waals surface area contributed by atoms with Gasteiger partial charge in [0.05, 0.1) is 12.7 Å². The fourth-order valence-electron chi connectivity index (χ4n) is 2.65. The molecule has 0 amide bonds. The van der Waals surface area contributed by atoms with Gasteiger partial charge in [0.25, 0.3) is 0 Å². The van der Waals surface area contributed by atoms with E-state index in [0.717, 1.165) is 0 Å². The zero-order chi connectivity index (χ0) is 19.7. The third-order valence-corrected chi connectivity index (χ3v) is 4.11. The first-order chi connectivity index (χ1) is 12.8. The van der Waals surface area contributed by atoms with Crippen molar-refractivity contribution in [3.8, 4) is 0 Å². The van der Waals surface area contributed by atoms with Crippen LogP contribution in [0.2, 0.25) is 0 Å². The minimum atomic E-state index is -1.40. The van der Waals surface area contributed by atoms with Gasteiger partial charge >= 0.3 is 11.9 Å². The zero-order valence-corrected chi connectivity index (χ0v) is 13.9. The smallest absolute Gasteiger partial charge is 0.321 e. The molecule has 2 aromatic heterocycles. The number of carboxylic acid groups (broad SMARTS) is 1. The van der Waals surface area contributed by atoms with Crippen molar-refractivity contribution in [3.63, 3.8) is 0 Å². The highest BCUT2D eigenvalue weighted by Crippen LogP contribution is 2.32. The van der Waals surface area contributed by atoms with E-state index in [4.69, 9.17) is 26.0 Å². The number of aliphatic carboxylic acids is 1. The molecule has 1 fully saturated rings. The van der Waals surface area contributed by atoms with Gasteiger partial charge in [0.2, 0.25) is 0 Å². The monoisotopic (exact) mass is 382 g/mol. The Labute approximate surface area is 151 Å². The second-order valence-corrected chi connectivity index (χ2v) is 5.96. The molecule has 2 aromatic rings. The van der Waals surface area contributed by atoms with E-state index in [1.807, 2.05) is 0 Å². The van der Waals surface area contributed by atoms with Crippen LogP contribution in [-0.4, -0.2) is 77.7 Å². The Morgan fingerprint density at radius 2 is 2.04 bits per heavy atom. The van der Waals surface area contributed by atoms with Crippen molar-refractivity contribution in [1.29, 1.82) is 0 Å². The molecule has 7 N–H and O–H groups in total. The Balaban J connectivity index is 1.68. The van der Waals surface area contributed by atoms with Crippen LogP contribution in [0.25, 0.3) is 11.2 Å². The number of ether oxygens (including phenoxy) is 2. The first kappa shape index (κ1) is 18.9. The quantitative estimate of drug-likeness (QED) is 0.325. The van der Waals surface area contributed by atoms with Gasteiger partial charge in [0.15, 0.2) is 17.7 Å². The van der Waals surface area contributed by atoms with Crippen molar-refractivity contribution in [2.45, 2.75) is 37.0 Å². The average molecular weight is 382 g/mol. The van der Waals surface area contributed by atoms with Crippen LogP contribution in [0.1, 0.15) is 12.6 Å². The number of anilines is 1. The lowest BCUT2D eigenvalue weighted by Gasteiger charge is -2.16. The Hall–Kier alpha value is -2.87. The maximum Gasteiger partial charge on any atom is 0.321 e. The summed E-state index contributed by atoms with van der Waals surface area (Å²) in [5.74, 6) is -2.06. The van der Waals surface area contributed by atoms with E-state index in [1.54, 1.807) is 0 Å². The maximum absolute atomic E-state index is 11.6. The lowest BCUT2D eigenvalue weighted by molar-refractivity contribution is -0.153. The van der Waals surface area contributed by atoms with E-state index in [-0.39, 0.29) is 5.82 Å². The molecule has 5 atom stereocenters. The molecule has 0 aromatic carbocycles. The highest BCUT2D eigenvalue weighted by Gasteiger charge is 2.45. The van der Waals surface area contributed by atoms with Gasteiger partial charge in [0, 0.05) is 0 Å². The van der Waals surface area contributed by atoms with Gasteiger partial charge in [-0.05, 0) is 0 Å². The molecule has 0 saturated carbocycles. The van der Waals surface area contributed by atoms with E-state index in [1.165, 1.54) is 17.2 Å². The van der Waals surface area contributed by atoms with Crippen LogP contribution in [0.15, 0.2) is 12.7 Å². The summed E-state index contributed by atoms with van der Waals surface area (Å²) in [4.78, 5) is 34.2. The van der Waals surface area contributed by atoms with Gasteiger partial charge in [-0.15, -0.1) is 0 Å². The number of aliphatic hydroxyl groups excluding tert-OH is 2. The summed E-state index contributed by atoms with van der Waals surface area (Å²) in [6.07, 6.45) is -2.81. The molecule has 1 saturated heterocycles. The molecule has 146 valence electrons. The minimum Gasteiger partial charge on any atom is -0.480 e. The van der Waals surface area contributed by atoms with Gasteiger partial charge in [-0.25, -0.2) is 15.0 Å². The predicted octanol–water partition coefficient (Wildman–Crippen LogP) is -2.63. The predicted molar refractivity (Wildman–Crippen MR) is 86.8 cm³/mol. The van der Waals surface area contributed by atoms with Crippen LogP contribution in [0, 0.1) is 0 Å². The third-order valence-electron chi connectivity index (χ3n) is 4.11. The van der Waals surface area contributed by atoms with Crippen molar-refractivity contribution in [3.05, 3.63) is 12.7 Å². The number of carbonyl (C=O) groups is 2. The number of nitrogens with two attached hydrogens (primary N) is 2. The van der Waals surface area contributed by atoms with E-state index in [9.17, 15) is 19.8 Å². The van der Waals surface area contributed by atoms with Gasteiger partial charge in [0.1, 0.15) is 42.8 Å². The highest BCUT2D eigenvalue weighted by molar-refractivity contribution is 5.81. The number of rotatable bonds is 6. The number of hydrogen-bond acceptors (Lipinski definition) is 11. The van der Waals surface area contributed by atoms with E-state index >= 15 is 0 Å². The van der Waals surface area contributed by atoms with Crippen molar-refractivity contribution < 1.29 is 34.4 Å². The Morgan fingerprint density at radius 3 is 2.74 bits per heavy atom. The number of hydrogen-bond donors (Lipinski definition) is 5. The molecule has 13 heteroatoms. The molecular formula is C14H18N6O7. The Morgan fingerprint density at radius 1 is 1.30 bits per heavy atom. The van der Waals surface area contributed by atoms with Gasteiger partial charge in [-0.3, -0.25) is 14.2 Å². The largest absolute Gasteiger partial charge is 0.480 e. The second kappa shape index (κ2) is 7.40. The summed E-state index contributed by atoms with van der Waals surface area (Å²) in [5, 5.41) is 29.1. The molecule has 0 radical (unpaired) electrons. The number of nitrogen functional groups attached to an aromatic ring is 1. The standard InChI is InChI=1S/C14H18N6O7/c15-5(14(24)25)1-7(21)26-2-6-9(22)10(23)13(27-6)20-4-19-8-11(16)17-3-18-12(8)20/h3-6,9-10,13,22-23H,1-2,15H2,(H,24,25)(H2,16,17,18)/t5-,6+,9+,10+,13+/m0/s1. The molecule has 0 spiro atoms. The van der Waals surface area contributed by atoms with Crippen molar-refractivity contribution in [2.24, 2.45) is 5.73 Å². The van der Waals surface area contributed by atoms with Crippen LogP contribution in [0.3, 0.4) is 0 Å². The molecule has 3 heterocycles. The number of carbonyl (C=O) groups excluding carboxylic acids is 1. The molecule has 1 aliphatic rings. The van der Waals surface area contributed by atoms with Crippen molar-refractivity contribution >= 4 is 28.9 Å². The third kappa shape index (κ3) is 3.66. The zero-order valence-electron chi connectivity index (χ0n) is 13.9. The van der Waals surface area contributed by atoms with Crippen LogP contribution >= 0.6 is 0 Å². The number of carboxylic acids is 1. The molecule has 13 nitrogen and oxygen atoms in total. The van der Waals surface area contributed by atoms with Gasteiger partial charge < -0.3 is 36.3 Å². The SMILES string of the molecule is Nc1ncnc2c1ncn2[C@@H]1O[C@H](COC(=O)C[C@H](N)C(=O)O)[C@@H](O)[C@H]1O. The molecule has 3 rings (SSSR count). The number of imidazole rings is 1. The summed E-state index contributed by atoms with van der Waals surface area (Å²) >= 11 is 0. The average Bonchev–Trinajstić information content (AvgIpc) is 3.16. The molecule has 0 aliphatic carbocycles. The maximum atomic E-state index is 11.6. The topological polar surface area (TPSA) is 209 Å². The number of nitrogens with zero attached hydrogens (tertiary/aromatic N) is 4. The van der Waals surface area contributed by atoms with Crippen LogP contribution in [-0.2, 0) is 19.1 Å². The number of aromatic nitrogens is 4. The van der Waals surface area contributed by atoms with Crippen LogP contribution in [0.5, 0.6) is 0 Å². The summed E-state index contributed by atoms with van der Waals surface area (Å²) in [6.45, 7) is -0.399. The Kier molecular flexibility index (Phi) is 5.18. The summed E-state index contributed by atoms with van der Waals surface area (Å²) in [7, 11) is 0. The highest BCUT2D eigenvalue weighted by atomic mass is 16.6. The van der Waals surface area contributed by atoms with Gasteiger partial charge in [-0.2, -0.15) is 0 Å². The lowest BCUT2D eigenvalue weighted by atomic mass is 10.1. The summed E-state index contributed by atoms with van der Waals surface area (Å²) in [6, 6.07) is -1.40. The molecule has 0 bridgehead atoms. The van der Waals surface area contributed by atoms with Gasteiger partial charge in [-0.1, -0.05) is 0 Å².